The van der Waals surface area contributed by atoms with Gasteiger partial charge in [-0.25, -0.2) is 0 Å². The van der Waals surface area contributed by atoms with Gasteiger partial charge in [0.1, 0.15) is 5.75 Å². The standard InChI is InChI=1S/C17H21ClN2O/c1-12(15-6-4-5-7-16(15)18)20(2)11-13-8-9-14(21-3)10-17(13)19/h4-10,12H,11,19H2,1-3H3. The van der Waals surface area contributed by atoms with Crippen LogP contribution in [0.15, 0.2) is 42.5 Å². The van der Waals surface area contributed by atoms with Crippen molar-refractivity contribution in [2.75, 3.05) is 19.9 Å². The van der Waals surface area contributed by atoms with Gasteiger partial charge in [-0.3, -0.25) is 4.90 Å². The number of benzene rings is 2. The Hall–Kier alpha value is -1.71. The molecule has 0 aliphatic heterocycles. The largest absolute Gasteiger partial charge is 0.497 e. The van der Waals surface area contributed by atoms with E-state index in [-0.39, 0.29) is 6.04 Å². The zero-order valence-electron chi connectivity index (χ0n) is 12.6. The lowest BCUT2D eigenvalue weighted by Gasteiger charge is -2.26. The molecule has 112 valence electrons. The van der Waals surface area contributed by atoms with Crippen molar-refractivity contribution in [1.82, 2.24) is 4.90 Å². The summed E-state index contributed by atoms with van der Waals surface area (Å²) in [5.41, 5.74) is 9.02. The van der Waals surface area contributed by atoms with Crippen LogP contribution in [-0.2, 0) is 6.54 Å². The maximum atomic E-state index is 6.27. The van der Waals surface area contributed by atoms with Gasteiger partial charge >= 0.3 is 0 Å². The van der Waals surface area contributed by atoms with Crippen molar-refractivity contribution >= 4 is 17.3 Å². The summed E-state index contributed by atoms with van der Waals surface area (Å²) in [5, 5.41) is 0.791. The highest BCUT2D eigenvalue weighted by Crippen LogP contribution is 2.28. The van der Waals surface area contributed by atoms with Gasteiger partial charge in [-0.1, -0.05) is 35.9 Å². The van der Waals surface area contributed by atoms with Crippen LogP contribution in [0.25, 0.3) is 0 Å². The fraction of sp³-hybridized carbons (Fsp3) is 0.294. The molecule has 0 fully saturated rings. The van der Waals surface area contributed by atoms with Gasteiger partial charge in [-0.2, -0.15) is 0 Å². The van der Waals surface area contributed by atoms with Gasteiger partial charge < -0.3 is 10.5 Å². The van der Waals surface area contributed by atoms with Crippen LogP contribution in [0.5, 0.6) is 5.75 Å². The van der Waals surface area contributed by atoms with Crippen LogP contribution in [0.2, 0.25) is 5.02 Å². The molecule has 3 nitrogen and oxygen atoms in total. The number of nitrogens with two attached hydrogens (primary N) is 1. The second kappa shape index (κ2) is 6.83. The fourth-order valence-corrected chi connectivity index (χ4v) is 2.59. The zero-order chi connectivity index (χ0) is 15.4. The van der Waals surface area contributed by atoms with Crippen molar-refractivity contribution in [2.24, 2.45) is 0 Å². The molecule has 0 saturated heterocycles. The fourth-order valence-electron chi connectivity index (χ4n) is 2.30. The number of anilines is 1. The molecule has 0 heterocycles. The molecule has 0 aliphatic rings. The molecule has 2 aromatic carbocycles. The zero-order valence-corrected chi connectivity index (χ0v) is 13.4. The van der Waals surface area contributed by atoms with E-state index in [0.717, 1.165) is 34.1 Å². The number of rotatable bonds is 5. The third kappa shape index (κ3) is 3.69. The normalized spacial score (nSPS) is 12.4. The highest BCUT2D eigenvalue weighted by Gasteiger charge is 2.15. The minimum Gasteiger partial charge on any atom is -0.497 e. The quantitative estimate of drug-likeness (QED) is 0.844. The molecule has 21 heavy (non-hydrogen) atoms. The Balaban J connectivity index is 2.14. The van der Waals surface area contributed by atoms with E-state index >= 15 is 0 Å². The Labute approximate surface area is 131 Å². The number of nitrogen functional groups attached to an aromatic ring is 1. The van der Waals surface area contributed by atoms with Crippen LogP contribution in [0.4, 0.5) is 5.69 Å². The smallest absolute Gasteiger partial charge is 0.120 e. The Kier molecular flexibility index (Phi) is 5.10. The molecular formula is C17H21ClN2O. The van der Waals surface area contributed by atoms with Crippen LogP contribution in [0.3, 0.4) is 0 Å². The van der Waals surface area contributed by atoms with E-state index in [4.69, 9.17) is 22.1 Å². The Morgan fingerprint density at radius 1 is 1.24 bits per heavy atom. The molecule has 0 amide bonds. The first kappa shape index (κ1) is 15.7. The summed E-state index contributed by atoms with van der Waals surface area (Å²) in [4.78, 5) is 2.22. The molecule has 0 spiro atoms. The monoisotopic (exact) mass is 304 g/mol. The van der Waals surface area contributed by atoms with Crippen molar-refractivity contribution in [2.45, 2.75) is 19.5 Å². The summed E-state index contributed by atoms with van der Waals surface area (Å²) in [6, 6.07) is 13.9. The van der Waals surface area contributed by atoms with Gasteiger partial charge in [0, 0.05) is 29.4 Å². The van der Waals surface area contributed by atoms with E-state index in [1.165, 1.54) is 0 Å². The number of nitrogens with zero attached hydrogens (tertiary/aromatic N) is 1. The van der Waals surface area contributed by atoms with Crippen molar-refractivity contribution in [1.29, 1.82) is 0 Å². The molecule has 2 N–H and O–H groups in total. The first-order chi connectivity index (χ1) is 10.0. The summed E-state index contributed by atoms with van der Waals surface area (Å²) in [6.45, 7) is 2.89. The van der Waals surface area contributed by atoms with Crippen molar-refractivity contribution in [3.05, 3.63) is 58.6 Å². The number of methoxy groups -OCH3 is 1. The maximum absolute atomic E-state index is 6.27. The van der Waals surface area contributed by atoms with Crippen molar-refractivity contribution in [3.8, 4) is 5.75 Å². The molecule has 0 saturated carbocycles. The van der Waals surface area contributed by atoms with Gasteiger partial charge in [-0.05, 0) is 37.2 Å². The van der Waals surface area contributed by atoms with E-state index in [9.17, 15) is 0 Å². The Morgan fingerprint density at radius 3 is 2.57 bits per heavy atom. The first-order valence-electron chi connectivity index (χ1n) is 6.90. The molecule has 1 unspecified atom stereocenters. The van der Waals surface area contributed by atoms with E-state index in [0.29, 0.717) is 0 Å². The molecular weight excluding hydrogens is 284 g/mol. The lowest BCUT2D eigenvalue weighted by molar-refractivity contribution is 0.253. The summed E-state index contributed by atoms with van der Waals surface area (Å²) in [5.74, 6) is 0.776. The van der Waals surface area contributed by atoms with E-state index in [1.54, 1.807) is 7.11 Å². The third-order valence-electron chi connectivity index (χ3n) is 3.79. The van der Waals surface area contributed by atoms with E-state index < -0.39 is 0 Å². The molecule has 2 aromatic rings. The first-order valence-corrected chi connectivity index (χ1v) is 7.27. The molecule has 2 rings (SSSR count). The van der Waals surface area contributed by atoms with Gasteiger partial charge in [-0.15, -0.1) is 0 Å². The summed E-state index contributed by atoms with van der Waals surface area (Å²) < 4.78 is 5.18. The summed E-state index contributed by atoms with van der Waals surface area (Å²) in [6.07, 6.45) is 0. The summed E-state index contributed by atoms with van der Waals surface area (Å²) >= 11 is 6.27. The second-order valence-corrected chi connectivity index (χ2v) is 5.58. The van der Waals surface area contributed by atoms with Crippen LogP contribution >= 0.6 is 11.6 Å². The average molecular weight is 305 g/mol. The highest BCUT2D eigenvalue weighted by molar-refractivity contribution is 6.31. The van der Waals surface area contributed by atoms with Gasteiger partial charge in [0.05, 0.1) is 7.11 Å². The Bertz CT molecular complexity index is 615. The topological polar surface area (TPSA) is 38.5 Å². The maximum Gasteiger partial charge on any atom is 0.120 e. The number of hydrogen-bond donors (Lipinski definition) is 1. The second-order valence-electron chi connectivity index (χ2n) is 5.18. The van der Waals surface area contributed by atoms with E-state index in [1.807, 2.05) is 36.4 Å². The van der Waals surface area contributed by atoms with Gasteiger partial charge in [0.25, 0.3) is 0 Å². The molecule has 0 aliphatic carbocycles. The number of halogens is 1. The molecule has 0 bridgehead atoms. The van der Waals surface area contributed by atoms with Crippen LogP contribution < -0.4 is 10.5 Å². The average Bonchev–Trinajstić information content (AvgIpc) is 2.49. The predicted molar refractivity (Wildman–Crippen MR) is 88.7 cm³/mol. The number of ether oxygens (including phenoxy) is 1. The SMILES string of the molecule is COc1ccc(CN(C)C(C)c2ccccc2Cl)c(N)c1. The molecule has 0 aromatic heterocycles. The molecule has 0 radical (unpaired) electrons. The molecule has 1 atom stereocenters. The van der Waals surface area contributed by atoms with Crippen LogP contribution in [-0.4, -0.2) is 19.1 Å². The van der Waals surface area contributed by atoms with Crippen molar-refractivity contribution in [3.63, 3.8) is 0 Å². The van der Waals surface area contributed by atoms with Crippen LogP contribution in [0.1, 0.15) is 24.1 Å². The van der Waals surface area contributed by atoms with Crippen molar-refractivity contribution < 1.29 is 4.74 Å². The third-order valence-corrected chi connectivity index (χ3v) is 4.13. The minimum absolute atomic E-state index is 0.209. The lowest BCUT2D eigenvalue weighted by Crippen LogP contribution is -2.22. The predicted octanol–water partition coefficient (Wildman–Crippen LogP) is 4.12. The van der Waals surface area contributed by atoms with Gasteiger partial charge in [0.15, 0.2) is 0 Å². The van der Waals surface area contributed by atoms with Gasteiger partial charge in [0.2, 0.25) is 0 Å². The summed E-state index contributed by atoms with van der Waals surface area (Å²) in [7, 11) is 3.71. The van der Waals surface area contributed by atoms with E-state index in [2.05, 4.69) is 24.9 Å². The molecule has 4 heteroatoms. The highest BCUT2D eigenvalue weighted by atomic mass is 35.5. The number of hydrogen-bond acceptors (Lipinski definition) is 3. The minimum atomic E-state index is 0.209. The van der Waals surface area contributed by atoms with Crippen LogP contribution in [0, 0.1) is 0 Å². The Morgan fingerprint density at radius 2 is 1.95 bits per heavy atom. The lowest BCUT2D eigenvalue weighted by atomic mass is 10.1.